The van der Waals surface area contributed by atoms with E-state index in [1.807, 2.05) is 0 Å². The van der Waals surface area contributed by atoms with Gasteiger partial charge in [-0.25, -0.2) is 17.5 Å². The highest BCUT2D eigenvalue weighted by Crippen LogP contribution is 2.16. The molecule has 2 rings (SSSR count). The predicted octanol–water partition coefficient (Wildman–Crippen LogP) is 0.486. The summed E-state index contributed by atoms with van der Waals surface area (Å²) >= 11 is 0. The molecule has 6 nitrogen and oxygen atoms in total. The topological polar surface area (TPSA) is 101 Å². The number of hydrogen-bond acceptors (Lipinski definition) is 4. The van der Waals surface area contributed by atoms with Crippen molar-refractivity contribution in [3.8, 4) is 0 Å². The van der Waals surface area contributed by atoms with Crippen LogP contribution in [0.25, 0.3) is 0 Å². The normalized spacial score (nSPS) is 11.7. The van der Waals surface area contributed by atoms with Gasteiger partial charge in [-0.15, -0.1) is 0 Å². The fourth-order valence-corrected chi connectivity index (χ4v) is 2.65. The van der Waals surface area contributed by atoms with Crippen LogP contribution in [0.2, 0.25) is 0 Å². The molecule has 0 saturated carbocycles. The second kappa shape index (κ2) is 5.47. The molecular formula is C11H13FN4O2S. The number of H-pyrrole nitrogens is 1. The van der Waals surface area contributed by atoms with Gasteiger partial charge in [-0.1, -0.05) is 6.07 Å². The highest BCUT2D eigenvalue weighted by molar-refractivity contribution is 7.89. The van der Waals surface area contributed by atoms with Crippen molar-refractivity contribution in [1.82, 2.24) is 14.9 Å². The molecule has 102 valence electrons. The smallest absolute Gasteiger partial charge is 0.243 e. The molecule has 1 heterocycles. The van der Waals surface area contributed by atoms with Crippen LogP contribution in [-0.4, -0.2) is 18.6 Å². The lowest BCUT2D eigenvalue weighted by Gasteiger charge is -2.08. The maximum Gasteiger partial charge on any atom is 0.243 e. The molecule has 4 N–H and O–H groups in total. The Bertz CT molecular complexity index is 655. The number of halogens is 1. The van der Waals surface area contributed by atoms with Crippen LogP contribution in [0.3, 0.4) is 0 Å². The molecule has 0 unspecified atom stereocenters. The summed E-state index contributed by atoms with van der Waals surface area (Å²) in [4.78, 5) is -0.404. The summed E-state index contributed by atoms with van der Waals surface area (Å²) in [5.41, 5.74) is 6.61. The number of nitrogens with two attached hydrogens (primary N) is 1. The number of nitrogens with zero attached hydrogens (tertiary/aromatic N) is 1. The van der Waals surface area contributed by atoms with Crippen LogP contribution >= 0.6 is 0 Å². The monoisotopic (exact) mass is 284 g/mol. The van der Waals surface area contributed by atoms with Crippen molar-refractivity contribution in [2.45, 2.75) is 18.0 Å². The van der Waals surface area contributed by atoms with Crippen LogP contribution in [0.4, 0.5) is 4.39 Å². The van der Waals surface area contributed by atoms with Gasteiger partial charge in [-0.05, 0) is 17.7 Å². The zero-order valence-electron chi connectivity index (χ0n) is 9.93. The molecule has 0 spiro atoms. The predicted molar refractivity (Wildman–Crippen MR) is 66.9 cm³/mol. The van der Waals surface area contributed by atoms with Gasteiger partial charge >= 0.3 is 0 Å². The van der Waals surface area contributed by atoms with Crippen LogP contribution in [-0.2, 0) is 23.1 Å². The summed E-state index contributed by atoms with van der Waals surface area (Å²) < 4.78 is 39.9. The van der Waals surface area contributed by atoms with Crippen molar-refractivity contribution in [2.75, 3.05) is 0 Å². The van der Waals surface area contributed by atoms with Crippen molar-refractivity contribution >= 4 is 10.0 Å². The molecule has 0 fully saturated rings. The first-order valence-corrected chi connectivity index (χ1v) is 6.97. The fraction of sp³-hybridized carbons (Fsp3) is 0.182. The summed E-state index contributed by atoms with van der Waals surface area (Å²) in [5.74, 6) is -0.808. The third-order valence-electron chi connectivity index (χ3n) is 2.54. The first kappa shape index (κ1) is 13.7. The lowest BCUT2D eigenvalue weighted by Crippen LogP contribution is -2.24. The first-order valence-electron chi connectivity index (χ1n) is 5.49. The molecule has 0 bridgehead atoms. The van der Waals surface area contributed by atoms with E-state index >= 15 is 0 Å². The average molecular weight is 284 g/mol. The molecule has 0 radical (unpaired) electrons. The molecule has 1 aromatic carbocycles. The van der Waals surface area contributed by atoms with Gasteiger partial charge in [-0.2, -0.15) is 5.10 Å². The van der Waals surface area contributed by atoms with Gasteiger partial charge < -0.3 is 5.73 Å². The molecule has 8 heteroatoms. The third-order valence-corrected chi connectivity index (χ3v) is 3.96. The summed E-state index contributed by atoms with van der Waals surface area (Å²) in [6.07, 6.45) is 3.03. The Morgan fingerprint density at radius 2 is 2.16 bits per heavy atom. The second-order valence-corrected chi connectivity index (χ2v) is 5.64. The molecule has 2 aromatic rings. The largest absolute Gasteiger partial charge is 0.326 e. The van der Waals surface area contributed by atoms with Gasteiger partial charge in [0.05, 0.1) is 6.20 Å². The van der Waals surface area contributed by atoms with Gasteiger partial charge in [0.25, 0.3) is 0 Å². The highest BCUT2D eigenvalue weighted by Gasteiger charge is 2.19. The number of aromatic amines is 1. The molecule has 0 atom stereocenters. The van der Waals surface area contributed by atoms with Gasteiger partial charge in [0.1, 0.15) is 10.7 Å². The van der Waals surface area contributed by atoms with Crippen LogP contribution in [0.15, 0.2) is 35.5 Å². The van der Waals surface area contributed by atoms with Crippen LogP contribution in [0.1, 0.15) is 11.1 Å². The van der Waals surface area contributed by atoms with Gasteiger partial charge in [-0.3, -0.25) is 5.10 Å². The van der Waals surface area contributed by atoms with Crippen molar-refractivity contribution in [3.63, 3.8) is 0 Å². The minimum Gasteiger partial charge on any atom is -0.326 e. The zero-order valence-corrected chi connectivity index (χ0v) is 10.7. The minimum absolute atomic E-state index is 0.0329. The molecule has 0 aliphatic carbocycles. The van der Waals surface area contributed by atoms with E-state index in [4.69, 9.17) is 5.73 Å². The number of rotatable bonds is 5. The minimum atomic E-state index is -3.92. The number of hydrogen-bond donors (Lipinski definition) is 3. The number of benzene rings is 1. The molecule has 19 heavy (non-hydrogen) atoms. The average Bonchev–Trinajstić information content (AvgIpc) is 2.90. The van der Waals surface area contributed by atoms with Gasteiger partial charge in [0.2, 0.25) is 10.0 Å². The van der Waals surface area contributed by atoms with E-state index < -0.39 is 20.7 Å². The molecule has 0 aliphatic heterocycles. The summed E-state index contributed by atoms with van der Waals surface area (Å²) in [6.45, 7) is 0.176. The van der Waals surface area contributed by atoms with Crippen molar-refractivity contribution in [1.29, 1.82) is 0 Å². The molecule has 0 amide bonds. The maximum atomic E-state index is 13.6. The van der Waals surface area contributed by atoms with E-state index in [-0.39, 0.29) is 13.1 Å². The summed E-state index contributed by atoms with van der Waals surface area (Å²) in [5, 5.41) is 6.25. The molecule has 1 aromatic heterocycles. The first-order chi connectivity index (χ1) is 9.03. The number of aromatic nitrogens is 2. The van der Waals surface area contributed by atoms with Gasteiger partial charge in [0.15, 0.2) is 0 Å². The Kier molecular flexibility index (Phi) is 3.93. The standard InChI is InChI=1S/C11H13FN4O2S/c12-10-2-1-8(4-13)3-11(10)19(17,18)16-7-9-5-14-15-6-9/h1-3,5-6,16H,4,7,13H2,(H,14,15). The highest BCUT2D eigenvalue weighted by atomic mass is 32.2. The van der Waals surface area contributed by atoms with Crippen LogP contribution < -0.4 is 10.5 Å². The lowest BCUT2D eigenvalue weighted by atomic mass is 10.2. The van der Waals surface area contributed by atoms with Crippen molar-refractivity contribution in [3.05, 3.63) is 47.5 Å². The fourth-order valence-electron chi connectivity index (χ4n) is 1.51. The van der Waals surface area contributed by atoms with E-state index in [1.165, 1.54) is 18.3 Å². The second-order valence-electron chi connectivity index (χ2n) is 3.90. The quantitative estimate of drug-likeness (QED) is 0.743. The molecule has 0 saturated heterocycles. The Morgan fingerprint density at radius 1 is 1.37 bits per heavy atom. The van der Waals surface area contributed by atoms with Crippen LogP contribution in [0, 0.1) is 5.82 Å². The van der Waals surface area contributed by atoms with E-state index in [9.17, 15) is 12.8 Å². The molecular weight excluding hydrogens is 271 g/mol. The van der Waals surface area contributed by atoms with E-state index in [0.717, 1.165) is 6.07 Å². The maximum absolute atomic E-state index is 13.6. The Morgan fingerprint density at radius 3 is 2.79 bits per heavy atom. The number of sulfonamides is 1. The van der Waals surface area contributed by atoms with E-state index in [2.05, 4.69) is 14.9 Å². The summed E-state index contributed by atoms with van der Waals surface area (Å²) in [6, 6.07) is 3.77. The van der Waals surface area contributed by atoms with Gasteiger partial charge in [0, 0.05) is 24.8 Å². The van der Waals surface area contributed by atoms with Crippen molar-refractivity contribution in [2.24, 2.45) is 5.73 Å². The van der Waals surface area contributed by atoms with Crippen molar-refractivity contribution < 1.29 is 12.8 Å². The lowest BCUT2D eigenvalue weighted by molar-refractivity contribution is 0.556. The SMILES string of the molecule is NCc1ccc(F)c(S(=O)(=O)NCc2cn[nH]c2)c1. The van der Waals surface area contributed by atoms with Crippen LogP contribution in [0.5, 0.6) is 0 Å². The van der Waals surface area contributed by atoms with E-state index in [0.29, 0.717) is 11.1 Å². The number of nitrogens with one attached hydrogen (secondary N) is 2. The van der Waals surface area contributed by atoms with E-state index in [1.54, 1.807) is 6.20 Å². The Labute approximate surface area is 109 Å². The molecule has 0 aliphatic rings. The zero-order chi connectivity index (χ0) is 13.9. The Hall–Kier alpha value is -1.77. The summed E-state index contributed by atoms with van der Waals surface area (Å²) in [7, 11) is -3.92. The third kappa shape index (κ3) is 3.16. The Balaban J connectivity index is 2.23.